The fourth-order valence-electron chi connectivity index (χ4n) is 4.19. The summed E-state index contributed by atoms with van der Waals surface area (Å²) in [6.45, 7) is 0. The minimum atomic E-state index is -6.45. The molecular weight excluding hydrogens is 551 g/mol. The van der Waals surface area contributed by atoms with E-state index in [1.807, 2.05) is 0 Å². The van der Waals surface area contributed by atoms with Crippen LogP contribution in [0.25, 0.3) is 0 Å². The van der Waals surface area contributed by atoms with Gasteiger partial charge in [0.1, 0.15) is 0 Å². The summed E-state index contributed by atoms with van der Waals surface area (Å²) in [5.74, 6) is -8.30. The first-order chi connectivity index (χ1) is 14.4. The second kappa shape index (κ2) is 9.32. The van der Waals surface area contributed by atoms with Gasteiger partial charge in [-0.25, -0.2) is 8.42 Å². The molecule has 2 bridgehead atoms. The van der Waals surface area contributed by atoms with Crippen LogP contribution in [0.5, 0.6) is 0 Å². The summed E-state index contributed by atoms with van der Waals surface area (Å²) in [4.78, 5) is 0. The summed E-state index contributed by atoms with van der Waals surface area (Å²) in [5.41, 5.74) is 0. The van der Waals surface area contributed by atoms with Crippen LogP contribution in [0.15, 0.2) is 60.7 Å². The van der Waals surface area contributed by atoms with Gasteiger partial charge in [0.15, 0.2) is 17.3 Å². The van der Waals surface area contributed by atoms with Crippen molar-refractivity contribution in [1.82, 2.24) is 0 Å². The number of hydrogen-bond acceptors (Lipinski definition) is 4. The zero-order chi connectivity index (χ0) is 22.9. The molecule has 2 aromatic rings. The summed E-state index contributed by atoms with van der Waals surface area (Å²) >= 11 is 0.0287. The summed E-state index contributed by atoms with van der Waals surface area (Å²) in [6.07, 6.45) is -1.01. The van der Waals surface area contributed by atoms with Crippen molar-refractivity contribution in [3.05, 3.63) is 67.8 Å². The number of benzene rings is 2. The highest BCUT2D eigenvalue weighted by molar-refractivity contribution is 7.86. The number of hydrogen-bond donors (Lipinski definition) is 1. The van der Waals surface area contributed by atoms with Gasteiger partial charge < -0.3 is 9.66 Å². The van der Waals surface area contributed by atoms with E-state index in [0.717, 1.165) is 0 Å². The van der Waals surface area contributed by atoms with Gasteiger partial charge in [-0.05, 0) is 55.4 Å². The van der Waals surface area contributed by atoms with Crippen LogP contribution in [-0.4, -0.2) is 35.4 Å². The van der Waals surface area contributed by atoms with Crippen molar-refractivity contribution in [2.75, 3.05) is 0 Å². The normalized spacial score (nSPS) is 25.7. The summed E-state index contributed by atoms with van der Waals surface area (Å²) in [5, 5.41) is 3.77. The Morgan fingerprint density at radius 1 is 0.871 bits per heavy atom. The Morgan fingerprint density at radius 3 is 1.74 bits per heavy atom. The van der Waals surface area contributed by atoms with Gasteiger partial charge in [-0.15, -0.1) is 0 Å². The van der Waals surface area contributed by atoms with E-state index < -0.39 is 39.2 Å². The molecule has 2 aliphatic carbocycles. The van der Waals surface area contributed by atoms with Gasteiger partial charge >= 0.3 is 32.4 Å². The Morgan fingerprint density at radius 2 is 1.35 bits per heavy atom. The van der Waals surface area contributed by atoms with Gasteiger partial charge in [0, 0.05) is 5.92 Å². The molecule has 2 aromatic carbocycles. The highest BCUT2D eigenvalue weighted by atomic mass is 127. The molecule has 4 atom stereocenters. The van der Waals surface area contributed by atoms with Crippen molar-refractivity contribution >= 4 is 10.1 Å². The van der Waals surface area contributed by atoms with Gasteiger partial charge in [-0.3, -0.25) is 0 Å². The van der Waals surface area contributed by atoms with Crippen LogP contribution in [0.2, 0.25) is 0 Å². The van der Waals surface area contributed by atoms with Crippen molar-refractivity contribution < 1.29 is 56.8 Å². The molecular formula is C21H21F4IO4S. The van der Waals surface area contributed by atoms with E-state index in [1.54, 1.807) is 0 Å². The lowest BCUT2D eigenvalue weighted by molar-refractivity contribution is -0.597. The van der Waals surface area contributed by atoms with Gasteiger partial charge in [0.25, 0.3) is 0 Å². The largest absolute Gasteiger partial charge is 0.743 e. The monoisotopic (exact) mass is 572 g/mol. The number of fused-ring (bicyclic) bond motifs is 2. The van der Waals surface area contributed by atoms with Crippen molar-refractivity contribution in [3.63, 3.8) is 0 Å². The Hall–Kier alpha value is -1.24. The molecule has 31 heavy (non-hydrogen) atoms. The average Bonchev–Trinajstić information content (AvgIpc) is 3.29. The lowest BCUT2D eigenvalue weighted by Crippen LogP contribution is -3.61. The highest BCUT2D eigenvalue weighted by Crippen LogP contribution is 2.58. The molecule has 0 spiro atoms. The third-order valence-corrected chi connectivity index (χ3v) is 9.21. The van der Waals surface area contributed by atoms with Gasteiger partial charge in [0.2, 0.25) is 0 Å². The van der Waals surface area contributed by atoms with E-state index in [4.69, 9.17) is 0 Å². The van der Waals surface area contributed by atoms with E-state index in [2.05, 4.69) is 60.7 Å². The molecule has 4 unspecified atom stereocenters. The second-order valence-corrected chi connectivity index (χ2v) is 12.1. The maximum absolute atomic E-state index is 13.6. The van der Waals surface area contributed by atoms with Gasteiger partial charge in [-0.1, -0.05) is 36.4 Å². The van der Waals surface area contributed by atoms with Crippen LogP contribution in [0, 0.1) is 24.9 Å². The topological polar surface area (TPSA) is 77.4 Å². The number of alkyl halides is 4. The van der Waals surface area contributed by atoms with E-state index in [9.17, 15) is 35.6 Å². The lowest BCUT2D eigenvalue weighted by atomic mass is 9.82. The number of aliphatic hydroxyl groups excluding tert-OH is 1. The minimum absolute atomic E-state index is 0.0287. The third kappa shape index (κ3) is 5.23. The van der Waals surface area contributed by atoms with Crippen LogP contribution in [-0.2, 0) is 10.1 Å². The van der Waals surface area contributed by atoms with Crippen LogP contribution < -0.4 is 21.2 Å². The van der Waals surface area contributed by atoms with E-state index in [-0.39, 0.29) is 46.4 Å². The molecule has 0 heterocycles. The number of halogens is 5. The second-order valence-electron chi connectivity index (χ2n) is 7.69. The fraction of sp³-hybridized carbons (Fsp3) is 0.429. The Balaban J connectivity index is 0.000000185. The number of aliphatic hydroxyl groups is 1. The predicted molar refractivity (Wildman–Crippen MR) is 100 cm³/mol. The zero-order valence-electron chi connectivity index (χ0n) is 16.2. The van der Waals surface area contributed by atoms with E-state index >= 15 is 0 Å². The summed E-state index contributed by atoms with van der Waals surface area (Å²) < 4.78 is 87.2. The third-order valence-electron chi connectivity index (χ3n) is 5.63. The molecule has 2 saturated carbocycles. The molecule has 10 heteroatoms. The van der Waals surface area contributed by atoms with Crippen LogP contribution >= 0.6 is 0 Å². The van der Waals surface area contributed by atoms with Gasteiger partial charge in [-0.2, -0.15) is 17.6 Å². The first kappa shape index (κ1) is 24.4. The Bertz CT molecular complexity index is 936. The molecule has 170 valence electrons. The van der Waals surface area contributed by atoms with Crippen LogP contribution in [0.4, 0.5) is 17.6 Å². The Labute approximate surface area is 188 Å². The standard InChI is InChI=1S/C12H10I.C9H12F4O4S/c1-3-7-11(8-4-1)13-12-9-5-2-6-10-12;10-8(11,9(12,13)18(15,16)17)6-2-4-1-5(6)7(14)3-4/h1-10H;4-7,14H,1-3H2,(H,15,16,17)/q+1;/p-1. The lowest BCUT2D eigenvalue weighted by Gasteiger charge is -2.37. The first-order valence-electron chi connectivity index (χ1n) is 9.57. The van der Waals surface area contributed by atoms with Crippen LogP contribution in [0.1, 0.15) is 19.3 Å². The predicted octanol–water partition coefficient (Wildman–Crippen LogP) is 0.982. The summed E-state index contributed by atoms with van der Waals surface area (Å²) in [7, 11) is -6.45. The molecule has 4 rings (SSSR count). The maximum Gasteiger partial charge on any atom is 0.396 e. The molecule has 0 aliphatic heterocycles. The van der Waals surface area contributed by atoms with Crippen molar-refractivity contribution in [2.24, 2.45) is 17.8 Å². The molecule has 0 amide bonds. The SMILES string of the molecule is O=S(=O)([O-])C(F)(F)C(F)(F)C1CC2CC(O)C1C2.c1ccc([I+]c2ccccc2)cc1. The zero-order valence-corrected chi connectivity index (χ0v) is 19.1. The first-order valence-corrected chi connectivity index (χ1v) is 13.1. The smallest absolute Gasteiger partial charge is 0.396 e. The minimum Gasteiger partial charge on any atom is -0.743 e. The highest BCUT2D eigenvalue weighted by Gasteiger charge is 2.69. The van der Waals surface area contributed by atoms with Crippen molar-refractivity contribution in [2.45, 2.75) is 36.5 Å². The molecule has 2 aliphatic rings. The number of rotatable bonds is 5. The van der Waals surface area contributed by atoms with Crippen LogP contribution in [0.3, 0.4) is 0 Å². The molecule has 4 nitrogen and oxygen atoms in total. The maximum atomic E-state index is 13.6. The molecule has 2 fully saturated rings. The van der Waals surface area contributed by atoms with Crippen molar-refractivity contribution in [1.29, 1.82) is 0 Å². The van der Waals surface area contributed by atoms with Gasteiger partial charge in [0.05, 0.1) is 6.10 Å². The quantitative estimate of drug-likeness (QED) is 0.330. The van der Waals surface area contributed by atoms with E-state index in [1.165, 1.54) is 7.14 Å². The Kier molecular flexibility index (Phi) is 7.34. The molecule has 0 aromatic heterocycles. The summed E-state index contributed by atoms with van der Waals surface area (Å²) in [6, 6.07) is 21.4. The van der Waals surface area contributed by atoms with E-state index in [0.29, 0.717) is 0 Å². The van der Waals surface area contributed by atoms with Crippen molar-refractivity contribution in [3.8, 4) is 0 Å². The molecule has 1 N–H and O–H groups in total. The molecule has 0 radical (unpaired) electrons. The fourth-order valence-corrected chi connectivity index (χ4v) is 6.95. The average molecular weight is 572 g/mol. The molecule has 0 saturated heterocycles.